The molecule has 31 heavy (non-hydrogen) atoms. The van der Waals surface area contributed by atoms with E-state index < -0.39 is 0 Å². The normalized spacial score (nSPS) is 23.1. The number of carbonyl (C=O) groups is 2. The Bertz CT molecular complexity index is 906. The number of hydrogen-bond acceptors (Lipinski definition) is 4. The van der Waals surface area contributed by atoms with Crippen LogP contribution in [-0.4, -0.2) is 61.9 Å². The highest BCUT2D eigenvalue weighted by Crippen LogP contribution is 2.43. The van der Waals surface area contributed by atoms with Crippen molar-refractivity contribution in [2.75, 3.05) is 50.5 Å². The summed E-state index contributed by atoms with van der Waals surface area (Å²) in [6, 6.07) is 18.5. The maximum Gasteiger partial charge on any atom is 0.238 e. The molecule has 2 aliphatic rings. The first-order valence-corrected chi connectivity index (χ1v) is 10.5. The third-order valence-corrected chi connectivity index (χ3v) is 6.49. The van der Waals surface area contributed by atoms with Crippen molar-refractivity contribution in [3.05, 3.63) is 60.2 Å². The van der Waals surface area contributed by atoms with Crippen LogP contribution in [0.1, 0.15) is 18.5 Å². The molecule has 2 aromatic carbocycles. The Morgan fingerprint density at radius 2 is 1.71 bits per heavy atom. The molecule has 6 nitrogen and oxygen atoms in total. The fourth-order valence-electron chi connectivity index (χ4n) is 4.98. The van der Waals surface area contributed by atoms with E-state index in [-0.39, 0.29) is 24.2 Å². The topological polar surface area (TPSA) is 55.9 Å². The van der Waals surface area contributed by atoms with Gasteiger partial charge in [0.1, 0.15) is 0 Å². The first-order valence-electron chi connectivity index (χ1n) is 10.5. The number of amides is 2. The Kier molecular flexibility index (Phi) is 7.36. The van der Waals surface area contributed by atoms with Gasteiger partial charge in [-0.05, 0) is 48.7 Å². The van der Waals surface area contributed by atoms with Crippen LogP contribution in [0.15, 0.2) is 54.6 Å². The molecule has 2 amide bonds. The van der Waals surface area contributed by atoms with Crippen LogP contribution < -0.4 is 10.2 Å². The highest BCUT2D eigenvalue weighted by Gasteiger charge is 2.46. The van der Waals surface area contributed by atoms with Crippen LogP contribution in [0.5, 0.6) is 0 Å². The van der Waals surface area contributed by atoms with E-state index in [1.165, 1.54) is 12.5 Å². The Labute approximate surface area is 190 Å². The van der Waals surface area contributed by atoms with Gasteiger partial charge < -0.3 is 10.2 Å². The van der Waals surface area contributed by atoms with Crippen molar-refractivity contribution in [2.45, 2.75) is 13.0 Å². The number of benzene rings is 2. The summed E-state index contributed by atoms with van der Waals surface area (Å²) in [5, 5.41) is 2.99. The van der Waals surface area contributed by atoms with Gasteiger partial charge in [0.25, 0.3) is 0 Å². The lowest BCUT2D eigenvalue weighted by molar-refractivity contribution is -0.117. The monoisotopic (exact) mass is 442 g/mol. The Morgan fingerprint density at radius 3 is 2.35 bits per heavy atom. The van der Waals surface area contributed by atoms with Crippen molar-refractivity contribution in [2.24, 2.45) is 11.8 Å². The zero-order valence-corrected chi connectivity index (χ0v) is 19.1. The smallest absolute Gasteiger partial charge is 0.238 e. The van der Waals surface area contributed by atoms with Gasteiger partial charge in [0, 0.05) is 51.0 Å². The van der Waals surface area contributed by atoms with Gasteiger partial charge in [-0.25, -0.2) is 0 Å². The largest absolute Gasteiger partial charge is 0.325 e. The fraction of sp³-hybridized carbons (Fsp3) is 0.417. The molecule has 0 spiro atoms. The standard InChI is InChI=1S/C24H30N4O2.ClH/c1-17(29)27(3)21-11-9-20(10-12-21)25-23(30)16-28-14-19-13-26(2)24(22(19)15-28)18-7-5-4-6-8-18;/h4-12,19,22,24H,13-16H2,1-3H3,(H,25,30);1H/t19-,22+,24-;/m0./s1. The summed E-state index contributed by atoms with van der Waals surface area (Å²) in [4.78, 5) is 30.4. The molecule has 2 heterocycles. The van der Waals surface area contributed by atoms with E-state index >= 15 is 0 Å². The molecule has 4 rings (SSSR count). The van der Waals surface area contributed by atoms with Gasteiger partial charge >= 0.3 is 0 Å². The first kappa shape index (κ1) is 23.3. The second kappa shape index (κ2) is 9.81. The minimum Gasteiger partial charge on any atom is -0.325 e. The first-order chi connectivity index (χ1) is 14.4. The van der Waals surface area contributed by atoms with Gasteiger partial charge in [0.15, 0.2) is 0 Å². The maximum absolute atomic E-state index is 12.6. The Morgan fingerprint density at radius 1 is 1.03 bits per heavy atom. The van der Waals surface area contributed by atoms with E-state index in [0.29, 0.717) is 24.4 Å². The quantitative estimate of drug-likeness (QED) is 0.772. The van der Waals surface area contributed by atoms with E-state index in [1.807, 2.05) is 24.3 Å². The molecule has 2 aliphatic heterocycles. The fourth-order valence-corrected chi connectivity index (χ4v) is 4.98. The number of rotatable bonds is 5. The van der Waals surface area contributed by atoms with Gasteiger partial charge in [-0.1, -0.05) is 30.3 Å². The van der Waals surface area contributed by atoms with Crippen molar-refractivity contribution < 1.29 is 9.59 Å². The SMILES string of the molecule is CC(=O)N(C)c1ccc(NC(=O)CN2C[C@@H]3CN(C)[C@@H](c4ccccc4)[C@@H]3C2)cc1.Cl. The van der Waals surface area contributed by atoms with Crippen molar-refractivity contribution >= 4 is 35.6 Å². The lowest BCUT2D eigenvalue weighted by atomic mass is 9.90. The number of fused-ring (bicyclic) bond motifs is 1. The van der Waals surface area contributed by atoms with Crippen LogP contribution in [0.3, 0.4) is 0 Å². The number of nitrogens with zero attached hydrogens (tertiary/aromatic N) is 3. The van der Waals surface area contributed by atoms with Gasteiger partial charge in [0.2, 0.25) is 11.8 Å². The molecule has 2 fully saturated rings. The Balaban J connectivity index is 0.00000272. The molecular formula is C24H31ClN4O2. The van der Waals surface area contributed by atoms with Crippen LogP contribution in [0.4, 0.5) is 11.4 Å². The van der Waals surface area contributed by atoms with Crippen molar-refractivity contribution in [3.8, 4) is 0 Å². The summed E-state index contributed by atoms with van der Waals surface area (Å²) < 4.78 is 0. The minimum atomic E-state index is -0.0224. The molecule has 3 atom stereocenters. The molecule has 0 saturated carbocycles. The van der Waals surface area contributed by atoms with E-state index in [4.69, 9.17) is 0 Å². The van der Waals surface area contributed by atoms with Gasteiger partial charge in [0.05, 0.1) is 6.54 Å². The molecule has 7 heteroatoms. The second-order valence-electron chi connectivity index (χ2n) is 8.59. The number of halogens is 1. The van der Waals surface area contributed by atoms with Crippen molar-refractivity contribution in [3.63, 3.8) is 0 Å². The predicted octanol–water partition coefficient (Wildman–Crippen LogP) is 3.26. The average molecular weight is 443 g/mol. The van der Waals surface area contributed by atoms with Crippen molar-refractivity contribution in [1.29, 1.82) is 0 Å². The molecule has 1 N–H and O–H groups in total. The van der Waals surface area contributed by atoms with Crippen LogP contribution in [-0.2, 0) is 9.59 Å². The number of carbonyl (C=O) groups excluding carboxylic acids is 2. The van der Waals surface area contributed by atoms with Crippen LogP contribution in [0.25, 0.3) is 0 Å². The molecule has 166 valence electrons. The summed E-state index contributed by atoms with van der Waals surface area (Å²) in [5.74, 6) is 1.15. The van der Waals surface area contributed by atoms with Gasteiger partial charge in [-0.2, -0.15) is 0 Å². The summed E-state index contributed by atoms with van der Waals surface area (Å²) in [6.45, 7) is 4.93. The molecule has 0 unspecified atom stereocenters. The van der Waals surface area contributed by atoms with E-state index in [1.54, 1.807) is 11.9 Å². The van der Waals surface area contributed by atoms with Crippen LogP contribution in [0, 0.1) is 11.8 Å². The second-order valence-corrected chi connectivity index (χ2v) is 8.59. The number of nitrogens with one attached hydrogen (secondary N) is 1. The van der Waals surface area contributed by atoms with Crippen LogP contribution >= 0.6 is 12.4 Å². The Hall–Kier alpha value is -2.41. The summed E-state index contributed by atoms with van der Waals surface area (Å²) in [6.07, 6.45) is 0. The molecule has 0 aromatic heterocycles. The minimum absolute atomic E-state index is 0. The third kappa shape index (κ3) is 5.09. The number of hydrogen-bond donors (Lipinski definition) is 1. The lowest BCUT2D eigenvalue weighted by Crippen LogP contribution is -2.34. The molecule has 0 aliphatic carbocycles. The highest BCUT2D eigenvalue weighted by atomic mass is 35.5. The molecule has 2 saturated heterocycles. The van der Waals surface area contributed by atoms with E-state index in [0.717, 1.165) is 31.0 Å². The molecule has 0 radical (unpaired) electrons. The zero-order chi connectivity index (χ0) is 21.3. The lowest BCUT2D eigenvalue weighted by Gasteiger charge is -2.26. The predicted molar refractivity (Wildman–Crippen MR) is 127 cm³/mol. The maximum atomic E-state index is 12.6. The molecule has 0 bridgehead atoms. The van der Waals surface area contributed by atoms with Crippen molar-refractivity contribution in [1.82, 2.24) is 9.80 Å². The zero-order valence-electron chi connectivity index (χ0n) is 18.3. The summed E-state index contributed by atoms with van der Waals surface area (Å²) in [7, 11) is 3.94. The third-order valence-electron chi connectivity index (χ3n) is 6.49. The van der Waals surface area contributed by atoms with Gasteiger partial charge in [-0.15, -0.1) is 12.4 Å². The van der Waals surface area contributed by atoms with Crippen LogP contribution in [0.2, 0.25) is 0 Å². The molecular weight excluding hydrogens is 412 g/mol. The summed E-state index contributed by atoms with van der Waals surface area (Å²) >= 11 is 0. The van der Waals surface area contributed by atoms with E-state index in [9.17, 15) is 9.59 Å². The van der Waals surface area contributed by atoms with Gasteiger partial charge in [-0.3, -0.25) is 19.4 Å². The number of anilines is 2. The molecule has 2 aromatic rings. The highest BCUT2D eigenvalue weighted by molar-refractivity contribution is 5.93. The number of likely N-dealkylation sites (tertiary alicyclic amines) is 2. The van der Waals surface area contributed by atoms with E-state index in [2.05, 4.69) is 52.5 Å². The average Bonchev–Trinajstić information content (AvgIpc) is 3.23. The summed E-state index contributed by atoms with van der Waals surface area (Å²) in [5.41, 5.74) is 2.93.